The molecular formula is C19H20N2O2. The lowest BCUT2D eigenvalue weighted by molar-refractivity contribution is -0.114. The van der Waals surface area contributed by atoms with Crippen LogP contribution in [0, 0.1) is 0 Å². The van der Waals surface area contributed by atoms with Gasteiger partial charge in [-0.15, -0.1) is 0 Å². The fourth-order valence-electron chi connectivity index (χ4n) is 3.09. The van der Waals surface area contributed by atoms with Gasteiger partial charge in [-0.2, -0.15) is 0 Å². The summed E-state index contributed by atoms with van der Waals surface area (Å²) < 4.78 is 0. The molecule has 1 atom stereocenters. The molecule has 0 bridgehead atoms. The first-order chi connectivity index (χ1) is 11.1. The summed E-state index contributed by atoms with van der Waals surface area (Å²) in [5.41, 5.74) is 3.72. The number of aryl methyl sites for hydroxylation is 1. The minimum atomic E-state index is -0.149. The monoisotopic (exact) mass is 308 g/mol. The molecular weight excluding hydrogens is 288 g/mol. The maximum atomic E-state index is 12.5. The van der Waals surface area contributed by atoms with Crippen LogP contribution in [0.25, 0.3) is 0 Å². The first kappa shape index (κ1) is 15.3. The normalized spacial score (nSPS) is 16.3. The van der Waals surface area contributed by atoms with Crippen LogP contribution in [0.15, 0.2) is 48.5 Å². The second-order valence-corrected chi connectivity index (χ2v) is 5.88. The van der Waals surface area contributed by atoms with Gasteiger partial charge in [0.2, 0.25) is 5.91 Å². The van der Waals surface area contributed by atoms with Gasteiger partial charge in [0.25, 0.3) is 5.91 Å². The van der Waals surface area contributed by atoms with Crippen LogP contribution in [0.2, 0.25) is 0 Å². The van der Waals surface area contributed by atoms with Crippen LogP contribution in [0.3, 0.4) is 0 Å². The Labute approximate surface area is 135 Å². The van der Waals surface area contributed by atoms with E-state index in [1.54, 1.807) is 24.3 Å². The molecule has 23 heavy (non-hydrogen) atoms. The molecule has 0 heterocycles. The van der Waals surface area contributed by atoms with Crippen LogP contribution in [0.4, 0.5) is 5.69 Å². The third-order valence-electron chi connectivity index (χ3n) is 4.12. The van der Waals surface area contributed by atoms with Crippen molar-refractivity contribution >= 4 is 17.5 Å². The molecule has 4 nitrogen and oxygen atoms in total. The fraction of sp³-hybridized carbons (Fsp3) is 0.263. The highest BCUT2D eigenvalue weighted by atomic mass is 16.2. The molecule has 0 aliphatic heterocycles. The molecule has 2 aromatic carbocycles. The molecule has 1 aliphatic carbocycles. The molecule has 0 aromatic heterocycles. The van der Waals surface area contributed by atoms with E-state index in [0.717, 1.165) is 19.3 Å². The van der Waals surface area contributed by atoms with E-state index in [1.807, 2.05) is 12.1 Å². The number of anilines is 1. The van der Waals surface area contributed by atoms with E-state index in [9.17, 15) is 9.59 Å². The summed E-state index contributed by atoms with van der Waals surface area (Å²) in [5.74, 6) is -0.261. The van der Waals surface area contributed by atoms with Gasteiger partial charge in [-0.05, 0) is 48.6 Å². The van der Waals surface area contributed by atoms with Gasteiger partial charge in [0.15, 0.2) is 0 Å². The molecule has 2 amide bonds. The zero-order chi connectivity index (χ0) is 16.2. The summed E-state index contributed by atoms with van der Waals surface area (Å²) in [6.45, 7) is 1.45. The smallest absolute Gasteiger partial charge is 0.251 e. The zero-order valence-corrected chi connectivity index (χ0v) is 13.1. The van der Waals surface area contributed by atoms with E-state index in [4.69, 9.17) is 0 Å². The Hall–Kier alpha value is -2.62. The van der Waals surface area contributed by atoms with Gasteiger partial charge in [-0.1, -0.05) is 30.3 Å². The summed E-state index contributed by atoms with van der Waals surface area (Å²) in [6, 6.07) is 15.3. The van der Waals surface area contributed by atoms with E-state index in [0.29, 0.717) is 11.3 Å². The van der Waals surface area contributed by atoms with Crippen molar-refractivity contribution in [2.75, 3.05) is 5.32 Å². The highest BCUT2D eigenvalue weighted by Gasteiger charge is 2.21. The molecule has 0 fully saturated rings. The topological polar surface area (TPSA) is 58.2 Å². The standard InChI is InChI=1S/C19H20N2O2/c1-13(22)20-16-9-4-8-15(12-16)19(23)21-18-11-5-7-14-6-2-3-10-17(14)18/h2-4,6,8-10,12,18H,5,7,11H2,1H3,(H,20,22)(H,21,23)/t18-/m1/s1. The summed E-state index contributed by atoms with van der Waals surface area (Å²) in [4.78, 5) is 23.7. The number of hydrogen-bond donors (Lipinski definition) is 2. The van der Waals surface area contributed by atoms with Gasteiger partial charge in [-0.3, -0.25) is 9.59 Å². The van der Waals surface area contributed by atoms with Crippen molar-refractivity contribution in [1.29, 1.82) is 0 Å². The third kappa shape index (κ3) is 3.59. The molecule has 3 rings (SSSR count). The lowest BCUT2D eigenvalue weighted by Gasteiger charge is -2.26. The lowest BCUT2D eigenvalue weighted by Crippen LogP contribution is -2.31. The molecule has 1 aliphatic rings. The maximum absolute atomic E-state index is 12.5. The number of benzene rings is 2. The predicted molar refractivity (Wildman–Crippen MR) is 90.3 cm³/mol. The number of hydrogen-bond acceptors (Lipinski definition) is 2. The van der Waals surface area contributed by atoms with E-state index < -0.39 is 0 Å². The Morgan fingerprint density at radius 1 is 1.09 bits per heavy atom. The van der Waals surface area contributed by atoms with Gasteiger partial charge in [-0.25, -0.2) is 0 Å². The molecule has 118 valence electrons. The maximum Gasteiger partial charge on any atom is 0.251 e. The summed E-state index contributed by atoms with van der Waals surface area (Å²) >= 11 is 0. The molecule has 4 heteroatoms. The predicted octanol–water partition coefficient (Wildman–Crippen LogP) is 3.45. The Bertz CT molecular complexity index is 740. The highest BCUT2D eigenvalue weighted by molar-refractivity contribution is 5.97. The second kappa shape index (κ2) is 6.65. The van der Waals surface area contributed by atoms with Crippen molar-refractivity contribution < 1.29 is 9.59 Å². The Morgan fingerprint density at radius 2 is 1.91 bits per heavy atom. The van der Waals surface area contributed by atoms with Gasteiger partial charge >= 0.3 is 0 Å². The Morgan fingerprint density at radius 3 is 2.74 bits per heavy atom. The van der Waals surface area contributed by atoms with Crippen LogP contribution >= 0.6 is 0 Å². The van der Waals surface area contributed by atoms with Crippen molar-refractivity contribution in [2.24, 2.45) is 0 Å². The lowest BCUT2D eigenvalue weighted by atomic mass is 9.87. The molecule has 0 radical (unpaired) electrons. The minimum absolute atomic E-state index is 0.0527. The van der Waals surface area contributed by atoms with E-state index in [-0.39, 0.29) is 17.9 Å². The Balaban J connectivity index is 1.76. The van der Waals surface area contributed by atoms with Crippen LogP contribution in [0.1, 0.15) is 47.3 Å². The molecule has 0 saturated carbocycles. The van der Waals surface area contributed by atoms with Gasteiger partial charge in [0.05, 0.1) is 6.04 Å². The van der Waals surface area contributed by atoms with Gasteiger partial charge < -0.3 is 10.6 Å². The van der Waals surface area contributed by atoms with Crippen molar-refractivity contribution in [3.05, 3.63) is 65.2 Å². The first-order valence-electron chi connectivity index (χ1n) is 7.90. The number of rotatable bonds is 3. The SMILES string of the molecule is CC(=O)Nc1cccc(C(=O)N[C@@H]2CCCc3ccccc32)c1. The number of amides is 2. The van der Waals surface area contributed by atoms with Crippen LogP contribution in [-0.4, -0.2) is 11.8 Å². The largest absolute Gasteiger partial charge is 0.345 e. The molecule has 2 aromatic rings. The van der Waals surface area contributed by atoms with Crippen molar-refractivity contribution in [2.45, 2.75) is 32.2 Å². The van der Waals surface area contributed by atoms with Gasteiger partial charge in [0.1, 0.15) is 0 Å². The molecule has 0 spiro atoms. The molecule has 2 N–H and O–H groups in total. The summed E-state index contributed by atoms with van der Waals surface area (Å²) in [7, 11) is 0. The van der Waals surface area contributed by atoms with Crippen molar-refractivity contribution in [1.82, 2.24) is 5.32 Å². The average Bonchev–Trinajstić information content (AvgIpc) is 2.55. The number of carbonyl (C=O) groups excluding carboxylic acids is 2. The summed E-state index contributed by atoms with van der Waals surface area (Å²) in [5, 5.41) is 5.82. The van der Waals surface area contributed by atoms with Gasteiger partial charge in [0, 0.05) is 18.2 Å². The minimum Gasteiger partial charge on any atom is -0.345 e. The second-order valence-electron chi connectivity index (χ2n) is 5.88. The van der Waals surface area contributed by atoms with Crippen molar-refractivity contribution in [3.8, 4) is 0 Å². The number of carbonyl (C=O) groups is 2. The molecule has 0 unspecified atom stereocenters. The average molecular weight is 308 g/mol. The Kier molecular flexibility index (Phi) is 4.42. The first-order valence-corrected chi connectivity index (χ1v) is 7.90. The molecule has 0 saturated heterocycles. The number of nitrogens with one attached hydrogen (secondary N) is 2. The number of fused-ring (bicyclic) bond motifs is 1. The highest BCUT2D eigenvalue weighted by Crippen LogP contribution is 2.29. The van der Waals surface area contributed by atoms with Crippen LogP contribution in [-0.2, 0) is 11.2 Å². The quantitative estimate of drug-likeness (QED) is 0.912. The van der Waals surface area contributed by atoms with E-state index in [2.05, 4.69) is 22.8 Å². The third-order valence-corrected chi connectivity index (χ3v) is 4.12. The zero-order valence-electron chi connectivity index (χ0n) is 13.1. The van der Waals surface area contributed by atoms with Crippen LogP contribution < -0.4 is 10.6 Å². The fourth-order valence-corrected chi connectivity index (χ4v) is 3.09. The summed E-state index contributed by atoms with van der Waals surface area (Å²) in [6.07, 6.45) is 3.10. The van der Waals surface area contributed by atoms with Crippen molar-refractivity contribution in [3.63, 3.8) is 0 Å². The van der Waals surface area contributed by atoms with E-state index >= 15 is 0 Å². The van der Waals surface area contributed by atoms with E-state index in [1.165, 1.54) is 18.1 Å². The van der Waals surface area contributed by atoms with Crippen LogP contribution in [0.5, 0.6) is 0 Å².